The molecule has 0 spiro atoms. The van der Waals surface area contributed by atoms with Crippen LogP contribution in [0.5, 0.6) is 11.5 Å². The van der Waals surface area contributed by atoms with Gasteiger partial charge in [0.15, 0.2) is 11.5 Å². The second-order valence-electron chi connectivity index (χ2n) is 5.88. The van der Waals surface area contributed by atoms with Gasteiger partial charge in [0.1, 0.15) is 13.2 Å². The van der Waals surface area contributed by atoms with E-state index in [1.807, 2.05) is 18.2 Å². The summed E-state index contributed by atoms with van der Waals surface area (Å²) in [5.74, 6) is 1.58. The summed E-state index contributed by atoms with van der Waals surface area (Å²) in [4.78, 5) is 2.36. The Hall–Kier alpha value is -1.30. The molecule has 5 nitrogen and oxygen atoms in total. The SMILES string of the molecule is CC(CO)(c1ccc2c(c1)OCCO2)N1CCCNCC1. The lowest BCUT2D eigenvalue weighted by molar-refractivity contribution is 0.0448. The number of aliphatic hydroxyl groups is 1. The summed E-state index contributed by atoms with van der Waals surface area (Å²) in [7, 11) is 0. The van der Waals surface area contributed by atoms with E-state index in [9.17, 15) is 5.11 Å². The standard InChI is InChI=1S/C16H24N2O3/c1-16(12-19,18-7-2-5-17-6-8-18)13-3-4-14-15(11-13)21-10-9-20-14/h3-4,11,17,19H,2,5-10,12H2,1H3. The molecule has 0 aromatic heterocycles. The molecule has 1 atom stereocenters. The quantitative estimate of drug-likeness (QED) is 0.869. The minimum atomic E-state index is -0.387. The number of aliphatic hydroxyl groups excluding tert-OH is 1. The van der Waals surface area contributed by atoms with Gasteiger partial charge in [0, 0.05) is 19.6 Å². The molecule has 5 heteroatoms. The van der Waals surface area contributed by atoms with Crippen LogP contribution in [-0.2, 0) is 5.54 Å². The molecular weight excluding hydrogens is 268 g/mol. The van der Waals surface area contributed by atoms with Crippen molar-refractivity contribution in [3.05, 3.63) is 23.8 Å². The van der Waals surface area contributed by atoms with Crippen molar-refractivity contribution in [3.8, 4) is 11.5 Å². The Bertz CT molecular complexity index is 486. The lowest BCUT2D eigenvalue weighted by atomic mass is 9.90. The number of ether oxygens (including phenoxy) is 2. The van der Waals surface area contributed by atoms with Crippen LogP contribution in [0.1, 0.15) is 18.9 Å². The van der Waals surface area contributed by atoms with Crippen LogP contribution in [-0.4, -0.2) is 56.0 Å². The summed E-state index contributed by atoms with van der Waals surface area (Å²) in [6.45, 7) is 7.29. The van der Waals surface area contributed by atoms with E-state index in [2.05, 4.69) is 17.1 Å². The van der Waals surface area contributed by atoms with Gasteiger partial charge in [0.25, 0.3) is 0 Å². The van der Waals surface area contributed by atoms with E-state index in [0.717, 1.165) is 49.7 Å². The number of benzene rings is 1. The molecule has 1 saturated heterocycles. The Labute approximate surface area is 125 Å². The predicted octanol–water partition coefficient (Wildman–Crippen LogP) is 0.961. The van der Waals surface area contributed by atoms with E-state index in [1.54, 1.807) is 0 Å². The first-order valence-corrected chi connectivity index (χ1v) is 7.71. The highest BCUT2D eigenvalue weighted by molar-refractivity contribution is 5.45. The molecule has 116 valence electrons. The molecule has 0 amide bonds. The topological polar surface area (TPSA) is 54.0 Å². The van der Waals surface area contributed by atoms with Gasteiger partial charge in [0.2, 0.25) is 0 Å². The zero-order chi connectivity index (χ0) is 14.7. The average Bonchev–Trinajstić information content (AvgIpc) is 2.83. The van der Waals surface area contributed by atoms with Gasteiger partial charge in [-0.05, 0) is 37.6 Å². The third kappa shape index (κ3) is 2.86. The molecule has 2 N–H and O–H groups in total. The Morgan fingerprint density at radius 3 is 2.81 bits per heavy atom. The van der Waals surface area contributed by atoms with Crippen molar-refractivity contribution < 1.29 is 14.6 Å². The zero-order valence-corrected chi connectivity index (χ0v) is 12.6. The third-order valence-electron chi connectivity index (χ3n) is 4.51. The van der Waals surface area contributed by atoms with E-state index >= 15 is 0 Å². The predicted molar refractivity (Wildman–Crippen MR) is 80.9 cm³/mol. The molecule has 0 saturated carbocycles. The Morgan fingerprint density at radius 1 is 1.19 bits per heavy atom. The highest BCUT2D eigenvalue weighted by Gasteiger charge is 2.34. The number of hydrogen-bond acceptors (Lipinski definition) is 5. The molecule has 0 aliphatic carbocycles. The Kier molecular flexibility index (Phi) is 4.33. The van der Waals surface area contributed by atoms with E-state index in [-0.39, 0.29) is 12.1 Å². The summed E-state index contributed by atoms with van der Waals surface area (Å²) in [6.07, 6.45) is 1.10. The smallest absolute Gasteiger partial charge is 0.161 e. The van der Waals surface area contributed by atoms with Gasteiger partial charge in [-0.3, -0.25) is 4.90 Å². The molecular formula is C16H24N2O3. The Morgan fingerprint density at radius 2 is 2.00 bits per heavy atom. The lowest BCUT2D eigenvalue weighted by Gasteiger charge is -2.40. The van der Waals surface area contributed by atoms with Crippen LogP contribution in [0.25, 0.3) is 0 Å². The second-order valence-corrected chi connectivity index (χ2v) is 5.88. The number of fused-ring (bicyclic) bond motifs is 1. The first-order valence-electron chi connectivity index (χ1n) is 7.71. The molecule has 2 heterocycles. The van der Waals surface area contributed by atoms with Crippen molar-refractivity contribution >= 4 is 0 Å². The average molecular weight is 292 g/mol. The zero-order valence-electron chi connectivity index (χ0n) is 12.6. The molecule has 0 radical (unpaired) electrons. The van der Waals surface area contributed by atoms with Crippen LogP contribution in [0.3, 0.4) is 0 Å². The fourth-order valence-corrected chi connectivity index (χ4v) is 3.09. The van der Waals surface area contributed by atoms with Gasteiger partial charge in [-0.15, -0.1) is 0 Å². The van der Waals surface area contributed by atoms with Crippen LogP contribution in [0.15, 0.2) is 18.2 Å². The van der Waals surface area contributed by atoms with E-state index in [4.69, 9.17) is 9.47 Å². The minimum Gasteiger partial charge on any atom is -0.486 e. The minimum absolute atomic E-state index is 0.0899. The van der Waals surface area contributed by atoms with Crippen LogP contribution in [0.4, 0.5) is 0 Å². The number of nitrogens with one attached hydrogen (secondary N) is 1. The highest BCUT2D eigenvalue weighted by Crippen LogP contribution is 2.36. The largest absolute Gasteiger partial charge is 0.486 e. The van der Waals surface area contributed by atoms with Crippen molar-refractivity contribution in [3.63, 3.8) is 0 Å². The van der Waals surface area contributed by atoms with Gasteiger partial charge < -0.3 is 19.9 Å². The summed E-state index contributed by atoms with van der Waals surface area (Å²) in [5.41, 5.74) is 0.693. The lowest BCUT2D eigenvalue weighted by Crippen LogP contribution is -2.48. The number of hydrogen-bond donors (Lipinski definition) is 2. The molecule has 21 heavy (non-hydrogen) atoms. The summed E-state index contributed by atoms with van der Waals surface area (Å²) >= 11 is 0. The molecule has 1 aromatic rings. The van der Waals surface area contributed by atoms with Gasteiger partial charge >= 0.3 is 0 Å². The van der Waals surface area contributed by atoms with Gasteiger partial charge in [-0.25, -0.2) is 0 Å². The summed E-state index contributed by atoms with van der Waals surface area (Å²) in [5, 5.41) is 13.5. The monoisotopic (exact) mass is 292 g/mol. The van der Waals surface area contributed by atoms with Crippen LogP contribution in [0, 0.1) is 0 Å². The third-order valence-corrected chi connectivity index (χ3v) is 4.51. The molecule has 2 aliphatic heterocycles. The first-order chi connectivity index (χ1) is 10.2. The van der Waals surface area contributed by atoms with Gasteiger partial charge in [-0.1, -0.05) is 6.07 Å². The highest BCUT2D eigenvalue weighted by atomic mass is 16.6. The fourth-order valence-electron chi connectivity index (χ4n) is 3.09. The first kappa shape index (κ1) is 14.6. The molecule has 3 rings (SSSR count). The van der Waals surface area contributed by atoms with Gasteiger partial charge in [0.05, 0.1) is 12.1 Å². The fraction of sp³-hybridized carbons (Fsp3) is 0.625. The number of nitrogens with zero attached hydrogens (tertiary/aromatic N) is 1. The molecule has 1 aromatic carbocycles. The molecule has 2 aliphatic rings. The Balaban J connectivity index is 1.90. The van der Waals surface area contributed by atoms with Gasteiger partial charge in [-0.2, -0.15) is 0 Å². The van der Waals surface area contributed by atoms with Crippen LogP contribution < -0.4 is 14.8 Å². The van der Waals surface area contributed by atoms with Crippen LogP contribution >= 0.6 is 0 Å². The van der Waals surface area contributed by atoms with E-state index < -0.39 is 0 Å². The van der Waals surface area contributed by atoms with E-state index in [1.165, 1.54) is 0 Å². The van der Waals surface area contributed by atoms with Crippen molar-refractivity contribution in [2.75, 3.05) is 46.0 Å². The second kappa shape index (κ2) is 6.22. The molecule has 0 bridgehead atoms. The maximum atomic E-state index is 10.1. The summed E-state index contributed by atoms with van der Waals surface area (Å²) in [6, 6.07) is 6.01. The van der Waals surface area contributed by atoms with Crippen molar-refractivity contribution in [2.24, 2.45) is 0 Å². The molecule has 1 fully saturated rings. The van der Waals surface area contributed by atoms with Crippen molar-refractivity contribution in [2.45, 2.75) is 18.9 Å². The van der Waals surface area contributed by atoms with E-state index in [0.29, 0.717) is 13.2 Å². The summed E-state index contributed by atoms with van der Waals surface area (Å²) < 4.78 is 11.3. The van der Waals surface area contributed by atoms with Crippen molar-refractivity contribution in [1.29, 1.82) is 0 Å². The maximum Gasteiger partial charge on any atom is 0.161 e. The normalized spacial score (nSPS) is 22.4. The number of rotatable bonds is 3. The molecule has 1 unspecified atom stereocenters. The van der Waals surface area contributed by atoms with Crippen LogP contribution in [0.2, 0.25) is 0 Å². The maximum absolute atomic E-state index is 10.1. The van der Waals surface area contributed by atoms with Crippen molar-refractivity contribution in [1.82, 2.24) is 10.2 Å².